The second-order valence-corrected chi connectivity index (χ2v) is 8.62. The molecule has 0 bridgehead atoms. The number of nitrogens with one attached hydrogen (secondary N) is 1. The summed E-state index contributed by atoms with van der Waals surface area (Å²) in [7, 11) is 1.69. The van der Waals surface area contributed by atoms with E-state index in [9.17, 15) is 4.79 Å². The van der Waals surface area contributed by atoms with E-state index in [2.05, 4.69) is 37.4 Å². The summed E-state index contributed by atoms with van der Waals surface area (Å²) in [5.74, 6) is 2.37. The Hall–Kier alpha value is -4.14. The number of piperazine rings is 1. The van der Waals surface area contributed by atoms with Gasteiger partial charge in [-0.25, -0.2) is 0 Å². The minimum Gasteiger partial charge on any atom is -0.497 e. The molecule has 3 heterocycles. The number of rotatable bonds is 7. The molecule has 1 aliphatic rings. The molecule has 2 aromatic carbocycles. The lowest BCUT2D eigenvalue weighted by Crippen LogP contribution is -2.47. The molecule has 1 aliphatic heterocycles. The first-order chi connectivity index (χ1) is 17.1. The van der Waals surface area contributed by atoms with Gasteiger partial charge in [0.25, 0.3) is 0 Å². The molecule has 1 amide bonds. The van der Waals surface area contributed by atoms with Crippen molar-refractivity contribution < 1.29 is 9.53 Å². The first-order valence-corrected chi connectivity index (χ1v) is 11.8. The van der Waals surface area contributed by atoms with E-state index >= 15 is 0 Å². The Morgan fingerprint density at radius 1 is 0.971 bits per heavy atom. The van der Waals surface area contributed by atoms with Crippen molar-refractivity contribution in [3.63, 3.8) is 0 Å². The molecule has 0 atom stereocenters. The number of fused-ring (bicyclic) bond motifs is 1. The number of nitrogens with zero attached hydrogens (tertiary/aromatic N) is 6. The van der Waals surface area contributed by atoms with Crippen LogP contribution in [0.25, 0.3) is 5.65 Å². The third-order valence-corrected chi connectivity index (χ3v) is 6.33. The van der Waals surface area contributed by atoms with Gasteiger partial charge in [0.2, 0.25) is 5.91 Å². The van der Waals surface area contributed by atoms with Gasteiger partial charge in [0.15, 0.2) is 11.5 Å². The smallest absolute Gasteiger partial charge is 0.224 e. The van der Waals surface area contributed by atoms with Gasteiger partial charge in [0.1, 0.15) is 11.6 Å². The van der Waals surface area contributed by atoms with Crippen LogP contribution in [0.4, 0.5) is 17.2 Å². The first-order valence-electron chi connectivity index (χ1n) is 11.8. The maximum Gasteiger partial charge on any atom is 0.224 e. The standard InChI is InChI=1S/C26H29N7O2/c1-19-6-3-4-9-22(19)27-26(34)13-12-24-29-28-23-10-11-25(30-33(23)24)32-16-14-31(15-17-32)20-7-5-8-21(18-20)35-2/h3-11,18H,12-17H2,1-2H3,(H,27,34). The summed E-state index contributed by atoms with van der Waals surface area (Å²) in [6, 6.07) is 19.8. The van der Waals surface area contributed by atoms with Crippen LogP contribution in [-0.4, -0.2) is 59.0 Å². The van der Waals surface area contributed by atoms with Gasteiger partial charge in [-0.3, -0.25) is 4.79 Å². The zero-order valence-corrected chi connectivity index (χ0v) is 20.0. The van der Waals surface area contributed by atoms with Crippen LogP contribution < -0.4 is 19.9 Å². The molecular formula is C26H29N7O2. The Kier molecular flexibility index (Phi) is 6.47. The van der Waals surface area contributed by atoms with Gasteiger partial charge in [0.05, 0.1) is 7.11 Å². The maximum absolute atomic E-state index is 12.5. The lowest BCUT2D eigenvalue weighted by atomic mass is 10.2. The molecule has 0 spiro atoms. The number of amides is 1. The Balaban J connectivity index is 1.23. The van der Waals surface area contributed by atoms with Crippen LogP contribution in [0.3, 0.4) is 0 Å². The van der Waals surface area contributed by atoms with Crippen molar-refractivity contribution in [1.82, 2.24) is 19.8 Å². The average Bonchev–Trinajstić information content (AvgIpc) is 3.31. The predicted molar refractivity (Wildman–Crippen MR) is 136 cm³/mol. The summed E-state index contributed by atoms with van der Waals surface area (Å²) in [4.78, 5) is 17.1. The molecule has 0 saturated carbocycles. The summed E-state index contributed by atoms with van der Waals surface area (Å²) >= 11 is 0. The van der Waals surface area contributed by atoms with Crippen molar-refractivity contribution in [3.8, 4) is 5.75 Å². The number of aryl methyl sites for hydroxylation is 2. The number of anilines is 3. The van der Waals surface area contributed by atoms with Crippen molar-refractivity contribution in [2.75, 3.05) is 48.4 Å². The number of carbonyl (C=O) groups is 1. The van der Waals surface area contributed by atoms with E-state index < -0.39 is 0 Å². The van der Waals surface area contributed by atoms with Crippen LogP contribution in [-0.2, 0) is 11.2 Å². The first kappa shape index (κ1) is 22.6. The van der Waals surface area contributed by atoms with E-state index in [-0.39, 0.29) is 5.91 Å². The molecule has 4 aromatic rings. The number of para-hydroxylation sites is 1. The lowest BCUT2D eigenvalue weighted by Gasteiger charge is -2.36. The molecule has 1 N–H and O–H groups in total. The number of hydrogen-bond donors (Lipinski definition) is 1. The van der Waals surface area contributed by atoms with Gasteiger partial charge < -0.3 is 19.9 Å². The molecule has 9 heteroatoms. The largest absolute Gasteiger partial charge is 0.497 e. The molecule has 9 nitrogen and oxygen atoms in total. The molecule has 1 fully saturated rings. The zero-order valence-electron chi connectivity index (χ0n) is 20.0. The van der Waals surface area contributed by atoms with Gasteiger partial charge >= 0.3 is 0 Å². The number of aromatic nitrogens is 4. The molecule has 2 aromatic heterocycles. The van der Waals surface area contributed by atoms with E-state index in [0.29, 0.717) is 24.3 Å². The molecule has 35 heavy (non-hydrogen) atoms. The number of hydrogen-bond acceptors (Lipinski definition) is 7. The van der Waals surface area contributed by atoms with Gasteiger partial charge in [-0.15, -0.1) is 15.3 Å². The van der Waals surface area contributed by atoms with Crippen molar-refractivity contribution in [1.29, 1.82) is 0 Å². The maximum atomic E-state index is 12.5. The summed E-state index contributed by atoms with van der Waals surface area (Å²) in [5.41, 5.74) is 3.71. The van der Waals surface area contributed by atoms with Gasteiger partial charge in [-0.05, 0) is 42.8 Å². The highest BCUT2D eigenvalue weighted by molar-refractivity contribution is 5.91. The minimum absolute atomic E-state index is 0.0548. The third kappa shape index (κ3) is 5.03. The Morgan fingerprint density at radius 2 is 1.77 bits per heavy atom. The summed E-state index contributed by atoms with van der Waals surface area (Å²) in [6.45, 7) is 5.46. The molecular weight excluding hydrogens is 442 g/mol. The van der Waals surface area contributed by atoms with Crippen LogP contribution in [0, 0.1) is 6.92 Å². The van der Waals surface area contributed by atoms with Crippen molar-refractivity contribution in [2.24, 2.45) is 0 Å². The van der Waals surface area contributed by atoms with E-state index in [1.807, 2.05) is 55.5 Å². The Morgan fingerprint density at radius 3 is 2.57 bits per heavy atom. The molecule has 5 rings (SSSR count). The predicted octanol–water partition coefficient (Wildman–Crippen LogP) is 3.34. The SMILES string of the molecule is COc1cccc(N2CCN(c3ccc4nnc(CCC(=O)Nc5ccccc5C)n4n3)CC2)c1. The normalized spacial score (nSPS) is 13.8. The molecule has 180 valence electrons. The van der Waals surface area contributed by atoms with Crippen LogP contribution >= 0.6 is 0 Å². The number of benzene rings is 2. The topological polar surface area (TPSA) is 87.9 Å². The number of carbonyl (C=O) groups excluding carboxylic acids is 1. The van der Waals surface area contributed by atoms with Crippen LogP contribution in [0.2, 0.25) is 0 Å². The van der Waals surface area contributed by atoms with Crippen LogP contribution in [0.1, 0.15) is 17.8 Å². The third-order valence-electron chi connectivity index (χ3n) is 6.33. The highest BCUT2D eigenvalue weighted by Crippen LogP contribution is 2.23. The summed E-state index contributed by atoms with van der Waals surface area (Å²) in [6.07, 6.45) is 0.763. The molecule has 0 radical (unpaired) electrons. The van der Waals surface area contributed by atoms with Crippen molar-refractivity contribution in [2.45, 2.75) is 19.8 Å². The summed E-state index contributed by atoms with van der Waals surface area (Å²) in [5, 5.41) is 16.3. The Labute approximate surface area is 204 Å². The van der Waals surface area contributed by atoms with E-state index in [1.165, 1.54) is 0 Å². The Bertz CT molecular complexity index is 1330. The minimum atomic E-state index is -0.0548. The molecule has 0 unspecified atom stereocenters. The lowest BCUT2D eigenvalue weighted by molar-refractivity contribution is -0.116. The van der Waals surface area contributed by atoms with E-state index in [1.54, 1.807) is 11.6 Å². The van der Waals surface area contributed by atoms with E-state index in [4.69, 9.17) is 9.84 Å². The fourth-order valence-corrected chi connectivity index (χ4v) is 4.30. The van der Waals surface area contributed by atoms with Crippen molar-refractivity contribution >= 4 is 28.7 Å². The van der Waals surface area contributed by atoms with Gasteiger partial charge in [0, 0.05) is 56.5 Å². The second kappa shape index (κ2) is 10.0. The quantitative estimate of drug-likeness (QED) is 0.442. The monoisotopic (exact) mass is 471 g/mol. The van der Waals surface area contributed by atoms with Gasteiger partial charge in [-0.1, -0.05) is 24.3 Å². The molecule has 0 aliphatic carbocycles. The van der Waals surface area contributed by atoms with Crippen LogP contribution in [0.5, 0.6) is 5.75 Å². The highest BCUT2D eigenvalue weighted by atomic mass is 16.5. The fraction of sp³-hybridized carbons (Fsp3) is 0.308. The number of ether oxygens (including phenoxy) is 1. The van der Waals surface area contributed by atoms with Gasteiger partial charge in [-0.2, -0.15) is 4.52 Å². The van der Waals surface area contributed by atoms with Crippen molar-refractivity contribution in [3.05, 3.63) is 72.1 Å². The highest BCUT2D eigenvalue weighted by Gasteiger charge is 2.20. The van der Waals surface area contributed by atoms with E-state index in [0.717, 1.165) is 54.7 Å². The zero-order chi connectivity index (χ0) is 24.2. The molecule has 1 saturated heterocycles. The fourth-order valence-electron chi connectivity index (χ4n) is 4.30. The van der Waals surface area contributed by atoms with Crippen LogP contribution in [0.15, 0.2) is 60.7 Å². The summed E-state index contributed by atoms with van der Waals surface area (Å²) < 4.78 is 7.12. The number of methoxy groups -OCH3 is 1. The average molecular weight is 472 g/mol. The second-order valence-electron chi connectivity index (χ2n) is 8.62.